The van der Waals surface area contributed by atoms with Crippen LogP contribution in [0.25, 0.3) is 11.3 Å². The van der Waals surface area contributed by atoms with E-state index >= 15 is 0 Å². The zero-order valence-electron chi connectivity index (χ0n) is 9.89. The molecule has 0 amide bonds. The average molecular weight is 245 g/mol. The second kappa shape index (κ2) is 4.53. The highest BCUT2D eigenvalue weighted by Gasteiger charge is 2.21. The lowest BCUT2D eigenvalue weighted by Gasteiger charge is -2.13. The molecule has 0 aromatic carbocycles. The molecule has 1 aliphatic heterocycles. The maximum absolute atomic E-state index is 4.74. The fourth-order valence-electron chi connectivity index (χ4n) is 2.30. The van der Waals surface area contributed by atoms with Crippen LogP contribution in [-0.2, 0) is 18.7 Å². The van der Waals surface area contributed by atoms with Crippen LogP contribution in [-0.4, -0.2) is 20.5 Å². The van der Waals surface area contributed by atoms with E-state index in [1.807, 2.05) is 30.2 Å². The Balaban J connectivity index is 2.14. The van der Waals surface area contributed by atoms with Crippen LogP contribution in [0.1, 0.15) is 18.2 Å². The van der Waals surface area contributed by atoms with Crippen LogP contribution in [0.3, 0.4) is 0 Å². The standard InChI is InChI=1S/C13H15N3S/c1-2-16-12-5-7-17-9-11(12)13(15-16)10-4-3-6-14-8-10/h3-4,6,8H,2,5,7,9H2,1H3. The summed E-state index contributed by atoms with van der Waals surface area (Å²) in [6, 6.07) is 4.07. The van der Waals surface area contributed by atoms with Gasteiger partial charge in [0.2, 0.25) is 0 Å². The summed E-state index contributed by atoms with van der Waals surface area (Å²) >= 11 is 2.00. The highest BCUT2D eigenvalue weighted by atomic mass is 32.2. The topological polar surface area (TPSA) is 30.7 Å². The monoisotopic (exact) mass is 245 g/mol. The van der Waals surface area contributed by atoms with Crippen LogP contribution < -0.4 is 0 Å². The van der Waals surface area contributed by atoms with Crippen molar-refractivity contribution in [2.45, 2.75) is 25.6 Å². The maximum Gasteiger partial charge on any atom is 0.0981 e. The summed E-state index contributed by atoms with van der Waals surface area (Å²) in [5, 5.41) is 4.74. The summed E-state index contributed by atoms with van der Waals surface area (Å²) in [5.41, 5.74) is 5.10. The fourth-order valence-corrected chi connectivity index (χ4v) is 3.29. The molecular formula is C13H15N3S. The first kappa shape index (κ1) is 10.8. The summed E-state index contributed by atoms with van der Waals surface area (Å²) < 4.78 is 2.15. The molecule has 2 aromatic heterocycles. The molecular weight excluding hydrogens is 230 g/mol. The number of thioether (sulfide) groups is 1. The van der Waals surface area contributed by atoms with Crippen LogP contribution in [0, 0.1) is 0 Å². The van der Waals surface area contributed by atoms with Crippen molar-refractivity contribution in [1.82, 2.24) is 14.8 Å². The molecule has 3 rings (SSSR count). The van der Waals surface area contributed by atoms with E-state index in [2.05, 4.69) is 22.7 Å². The molecule has 3 nitrogen and oxygen atoms in total. The van der Waals surface area contributed by atoms with Crippen LogP contribution in [0.4, 0.5) is 0 Å². The molecule has 0 saturated heterocycles. The second-order valence-electron chi connectivity index (χ2n) is 4.13. The van der Waals surface area contributed by atoms with Crippen molar-refractivity contribution in [3.8, 4) is 11.3 Å². The SMILES string of the molecule is CCn1nc(-c2cccnc2)c2c1CCSC2. The summed E-state index contributed by atoms with van der Waals surface area (Å²) in [6.07, 6.45) is 4.85. The summed E-state index contributed by atoms with van der Waals surface area (Å²) in [7, 11) is 0. The van der Waals surface area contributed by atoms with Gasteiger partial charge in [-0.2, -0.15) is 16.9 Å². The molecule has 0 radical (unpaired) electrons. The average Bonchev–Trinajstić information content (AvgIpc) is 2.78. The van der Waals surface area contributed by atoms with Crippen molar-refractivity contribution in [3.63, 3.8) is 0 Å². The highest BCUT2D eigenvalue weighted by molar-refractivity contribution is 7.98. The van der Waals surface area contributed by atoms with Gasteiger partial charge in [-0.1, -0.05) is 0 Å². The second-order valence-corrected chi connectivity index (χ2v) is 5.24. The zero-order chi connectivity index (χ0) is 11.7. The van der Waals surface area contributed by atoms with E-state index < -0.39 is 0 Å². The third-order valence-electron chi connectivity index (χ3n) is 3.13. The third kappa shape index (κ3) is 1.86. The molecule has 3 heterocycles. The highest BCUT2D eigenvalue weighted by Crippen LogP contribution is 2.32. The maximum atomic E-state index is 4.74. The van der Waals surface area contributed by atoms with E-state index in [1.54, 1.807) is 0 Å². The molecule has 0 aliphatic carbocycles. The summed E-state index contributed by atoms with van der Waals surface area (Å²) in [4.78, 5) is 4.19. The Bertz CT molecular complexity index is 519. The third-order valence-corrected chi connectivity index (χ3v) is 4.12. The van der Waals surface area contributed by atoms with E-state index in [9.17, 15) is 0 Å². The zero-order valence-corrected chi connectivity index (χ0v) is 10.7. The molecule has 0 unspecified atom stereocenters. The molecule has 0 atom stereocenters. The van der Waals surface area contributed by atoms with Crippen molar-refractivity contribution in [1.29, 1.82) is 0 Å². The van der Waals surface area contributed by atoms with Gasteiger partial charge in [0.25, 0.3) is 0 Å². The Hall–Kier alpha value is -1.29. The molecule has 0 bridgehead atoms. The normalized spacial score (nSPS) is 14.6. The largest absolute Gasteiger partial charge is 0.269 e. The molecule has 2 aromatic rings. The fraction of sp³-hybridized carbons (Fsp3) is 0.385. The van der Waals surface area contributed by atoms with E-state index in [1.165, 1.54) is 17.0 Å². The smallest absolute Gasteiger partial charge is 0.0981 e. The van der Waals surface area contributed by atoms with Gasteiger partial charge in [0.05, 0.1) is 5.69 Å². The van der Waals surface area contributed by atoms with Crippen molar-refractivity contribution in [3.05, 3.63) is 35.8 Å². The molecule has 1 aliphatic rings. The van der Waals surface area contributed by atoms with Gasteiger partial charge < -0.3 is 0 Å². The van der Waals surface area contributed by atoms with Gasteiger partial charge in [0.15, 0.2) is 0 Å². The molecule has 0 N–H and O–H groups in total. The Morgan fingerprint density at radius 2 is 2.41 bits per heavy atom. The molecule has 0 fully saturated rings. The first-order valence-electron chi connectivity index (χ1n) is 5.97. The van der Waals surface area contributed by atoms with Crippen LogP contribution in [0.2, 0.25) is 0 Å². The van der Waals surface area contributed by atoms with Crippen molar-refractivity contribution < 1.29 is 0 Å². The Morgan fingerprint density at radius 3 is 3.18 bits per heavy atom. The minimum atomic E-state index is 0.952. The van der Waals surface area contributed by atoms with Crippen LogP contribution in [0.15, 0.2) is 24.5 Å². The molecule has 88 valence electrons. The number of hydrogen-bond acceptors (Lipinski definition) is 3. The minimum Gasteiger partial charge on any atom is -0.269 e. The predicted molar refractivity (Wildman–Crippen MR) is 71.0 cm³/mol. The molecule has 17 heavy (non-hydrogen) atoms. The van der Waals surface area contributed by atoms with Gasteiger partial charge in [0, 0.05) is 41.5 Å². The van der Waals surface area contributed by atoms with Gasteiger partial charge in [-0.25, -0.2) is 0 Å². The van der Waals surface area contributed by atoms with E-state index in [-0.39, 0.29) is 0 Å². The van der Waals surface area contributed by atoms with Gasteiger partial charge in [-0.3, -0.25) is 9.67 Å². The first-order chi connectivity index (χ1) is 8.40. The molecule has 0 saturated carbocycles. The van der Waals surface area contributed by atoms with Gasteiger partial charge in [-0.05, 0) is 31.2 Å². The molecule has 4 heteroatoms. The first-order valence-corrected chi connectivity index (χ1v) is 7.12. The number of aryl methyl sites for hydroxylation is 1. The number of pyridine rings is 1. The van der Waals surface area contributed by atoms with Gasteiger partial charge in [-0.15, -0.1) is 0 Å². The van der Waals surface area contributed by atoms with Gasteiger partial charge >= 0.3 is 0 Å². The lowest BCUT2D eigenvalue weighted by molar-refractivity contribution is 0.626. The summed E-state index contributed by atoms with van der Waals surface area (Å²) in [6.45, 7) is 3.11. The van der Waals surface area contributed by atoms with E-state index in [0.29, 0.717) is 0 Å². The quantitative estimate of drug-likeness (QED) is 0.815. The lowest BCUT2D eigenvalue weighted by Crippen LogP contribution is -2.08. The van der Waals surface area contributed by atoms with Crippen molar-refractivity contribution in [2.24, 2.45) is 0 Å². The number of fused-ring (bicyclic) bond motifs is 1. The van der Waals surface area contributed by atoms with Crippen molar-refractivity contribution in [2.75, 3.05) is 5.75 Å². The number of hydrogen-bond donors (Lipinski definition) is 0. The number of rotatable bonds is 2. The Morgan fingerprint density at radius 1 is 1.47 bits per heavy atom. The van der Waals surface area contributed by atoms with Crippen LogP contribution in [0.5, 0.6) is 0 Å². The van der Waals surface area contributed by atoms with Crippen molar-refractivity contribution >= 4 is 11.8 Å². The number of nitrogens with zero attached hydrogens (tertiary/aromatic N) is 3. The molecule has 0 spiro atoms. The Kier molecular flexibility index (Phi) is 2.89. The van der Waals surface area contributed by atoms with Crippen LogP contribution >= 0.6 is 11.8 Å². The number of aromatic nitrogens is 3. The van der Waals surface area contributed by atoms with E-state index in [0.717, 1.165) is 30.0 Å². The summed E-state index contributed by atoms with van der Waals surface area (Å²) in [5.74, 6) is 2.30. The van der Waals surface area contributed by atoms with E-state index in [4.69, 9.17) is 5.10 Å². The Labute approximate surface area is 105 Å². The predicted octanol–water partition coefficient (Wildman–Crippen LogP) is 2.75. The van der Waals surface area contributed by atoms with Gasteiger partial charge in [0.1, 0.15) is 0 Å². The lowest BCUT2D eigenvalue weighted by atomic mass is 10.1. The minimum absolute atomic E-state index is 0.952.